The van der Waals surface area contributed by atoms with E-state index in [1.165, 1.54) is 6.21 Å². The molecule has 192 valence electrons. The van der Waals surface area contributed by atoms with E-state index in [0.29, 0.717) is 34.8 Å². The second-order valence-corrected chi connectivity index (χ2v) is 8.77. The van der Waals surface area contributed by atoms with E-state index in [0.717, 1.165) is 36.4 Å². The molecule has 2 aromatic carbocycles. The van der Waals surface area contributed by atoms with Gasteiger partial charge in [0, 0.05) is 32.4 Å². The third-order valence-corrected chi connectivity index (χ3v) is 6.31. The summed E-state index contributed by atoms with van der Waals surface area (Å²) >= 11 is 0. The Morgan fingerprint density at radius 1 is 1.00 bits per heavy atom. The number of imidazole rings is 1. The zero-order valence-electron chi connectivity index (χ0n) is 20.4. The summed E-state index contributed by atoms with van der Waals surface area (Å²) in [6, 6.07) is 10.1. The van der Waals surface area contributed by atoms with Crippen LogP contribution in [-0.4, -0.2) is 75.6 Å². The molecule has 0 saturated carbocycles. The first-order valence-electron chi connectivity index (χ1n) is 11.9. The van der Waals surface area contributed by atoms with Crippen molar-refractivity contribution in [1.29, 1.82) is 0 Å². The van der Waals surface area contributed by atoms with Crippen molar-refractivity contribution in [2.24, 2.45) is 4.99 Å². The van der Waals surface area contributed by atoms with Gasteiger partial charge in [-0.05, 0) is 50.4 Å². The zero-order chi connectivity index (χ0) is 26.1. The van der Waals surface area contributed by atoms with Crippen LogP contribution in [0.1, 0.15) is 12.5 Å². The van der Waals surface area contributed by atoms with Crippen molar-refractivity contribution in [2.75, 3.05) is 44.7 Å². The minimum atomic E-state index is -0.784. The number of benzene rings is 2. The molecule has 2 aromatic heterocycles. The van der Waals surface area contributed by atoms with Crippen LogP contribution < -0.4 is 26.6 Å². The number of likely N-dealkylation sites (N-methyl/N-ethyl adjacent to an activating group) is 1. The van der Waals surface area contributed by atoms with Crippen LogP contribution in [0.2, 0.25) is 0 Å². The van der Waals surface area contributed by atoms with Crippen molar-refractivity contribution in [3.8, 4) is 17.3 Å². The number of rotatable bonds is 6. The molecule has 3 heterocycles. The highest BCUT2D eigenvalue weighted by Gasteiger charge is 2.19. The van der Waals surface area contributed by atoms with Crippen molar-refractivity contribution < 1.29 is 9.84 Å². The number of fused-ring (bicyclic) bond motifs is 1. The Kier molecular flexibility index (Phi) is 6.40. The second-order valence-electron chi connectivity index (χ2n) is 8.77. The molecule has 0 unspecified atom stereocenters. The molecule has 0 amide bonds. The van der Waals surface area contributed by atoms with Crippen molar-refractivity contribution in [2.45, 2.75) is 6.92 Å². The maximum atomic E-state index is 12.6. The Labute approximate surface area is 210 Å². The molecular weight excluding hydrogens is 478 g/mol. The number of anilines is 1. The summed E-state index contributed by atoms with van der Waals surface area (Å²) in [7, 11) is 2.05. The number of nitrogens with zero attached hydrogens (tertiary/aromatic N) is 4. The van der Waals surface area contributed by atoms with E-state index in [2.05, 4.69) is 36.8 Å². The van der Waals surface area contributed by atoms with Gasteiger partial charge in [0.05, 0.1) is 34.7 Å². The monoisotopic (exact) mass is 505 g/mol. The molecule has 4 aromatic rings. The number of hydrogen-bond donors (Lipinski definition) is 4. The van der Waals surface area contributed by atoms with Gasteiger partial charge >= 0.3 is 11.4 Å². The molecule has 1 aliphatic heterocycles. The van der Waals surface area contributed by atoms with Crippen LogP contribution in [0.5, 0.6) is 11.6 Å². The molecule has 1 saturated heterocycles. The fourth-order valence-electron chi connectivity index (χ4n) is 4.35. The molecule has 1 fully saturated rings. The summed E-state index contributed by atoms with van der Waals surface area (Å²) < 4.78 is 6.42. The molecule has 0 aliphatic carbocycles. The van der Waals surface area contributed by atoms with Crippen molar-refractivity contribution >= 4 is 28.6 Å². The molecule has 0 radical (unpaired) electrons. The van der Waals surface area contributed by atoms with Gasteiger partial charge in [-0.2, -0.15) is 0 Å². The van der Waals surface area contributed by atoms with Crippen molar-refractivity contribution in [1.82, 2.24) is 24.4 Å². The standard InChI is InChI=1S/C25H27N7O5/c1-3-37-16-6-4-15(5-7-16)32-23(34)17(22(33)29-25(32)36)14-26-20-12-18-19(28-24(35)27-18)13-21(20)31-10-8-30(2)9-11-31/h4-7,12-14,34H,3,8-11H2,1-2H3,(H2,27,28,35)(H,29,33,36). The van der Waals surface area contributed by atoms with Gasteiger partial charge in [0.1, 0.15) is 11.3 Å². The lowest BCUT2D eigenvalue weighted by Gasteiger charge is -2.34. The smallest absolute Gasteiger partial charge is 0.335 e. The quantitative estimate of drug-likeness (QED) is 0.288. The Morgan fingerprint density at radius 2 is 1.68 bits per heavy atom. The van der Waals surface area contributed by atoms with Crippen LogP contribution in [0.25, 0.3) is 16.7 Å². The highest BCUT2D eigenvalue weighted by Crippen LogP contribution is 2.33. The fraction of sp³-hybridized carbons (Fsp3) is 0.280. The Hall–Kier alpha value is -4.58. The maximum absolute atomic E-state index is 12.6. The van der Waals surface area contributed by atoms with Gasteiger partial charge in [-0.15, -0.1) is 0 Å². The van der Waals surface area contributed by atoms with Crippen LogP contribution in [-0.2, 0) is 0 Å². The van der Waals surface area contributed by atoms with Crippen LogP contribution in [0, 0.1) is 0 Å². The third kappa shape index (κ3) is 4.78. The van der Waals surface area contributed by atoms with Crippen LogP contribution >= 0.6 is 0 Å². The van der Waals surface area contributed by atoms with E-state index in [1.807, 2.05) is 13.0 Å². The van der Waals surface area contributed by atoms with E-state index < -0.39 is 17.1 Å². The lowest BCUT2D eigenvalue weighted by Crippen LogP contribution is -2.44. The molecule has 5 rings (SSSR count). The molecule has 12 heteroatoms. The maximum Gasteiger partial charge on any atom is 0.335 e. The summed E-state index contributed by atoms with van der Waals surface area (Å²) in [5, 5.41) is 10.9. The van der Waals surface area contributed by atoms with Crippen LogP contribution in [0.15, 0.2) is 55.8 Å². The average molecular weight is 506 g/mol. The van der Waals surface area contributed by atoms with Gasteiger partial charge in [0.15, 0.2) is 0 Å². The van der Waals surface area contributed by atoms with E-state index in [-0.39, 0.29) is 11.3 Å². The van der Waals surface area contributed by atoms with Gasteiger partial charge in [-0.1, -0.05) is 0 Å². The Morgan fingerprint density at radius 3 is 2.35 bits per heavy atom. The van der Waals surface area contributed by atoms with Gasteiger partial charge < -0.3 is 29.6 Å². The van der Waals surface area contributed by atoms with Gasteiger partial charge in [-0.25, -0.2) is 14.2 Å². The van der Waals surface area contributed by atoms with Crippen LogP contribution in [0.4, 0.5) is 11.4 Å². The number of aromatic hydroxyl groups is 1. The largest absolute Gasteiger partial charge is 0.494 e. The molecule has 1 aliphatic rings. The lowest BCUT2D eigenvalue weighted by molar-refractivity contribution is 0.313. The predicted molar refractivity (Wildman–Crippen MR) is 141 cm³/mol. The van der Waals surface area contributed by atoms with Crippen LogP contribution in [0.3, 0.4) is 0 Å². The van der Waals surface area contributed by atoms with Gasteiger partial charge in [-0.3, -0.25) is 14.8 Å². The van der Waals surface area contributed by atoms with Gasteiger partial charge in [0.2, 0.25) is 5.88 Å². The molecule has 0 atom stereocenters. The minimum absolute atomic E-state index is 0.180. The molecule has 0 bridgehead atoms. The van der Waals surface area contributed by atoms with Crippen molar-refractivity contribution in [3.63, 3.8) is 0 Å². The Balaban J connectivity index is 1.58. The second kappa shape index (κ2) is 9.82. The predicted octanol–water partition coefficient (Wildman–Crippen LogP) is 1.30. The average Bonchev–Trinajstić information content (AvgIpc) is 3.24. The fourth-order valence-corrected chi connectivity index (χ4v) is 4.35. The molecule has 4 N–H and O–H groups in total. The normalized spacial score (nSPS) is 14.6. The molecule has 0 spiro atoms. The molecule has 12 nitrogen and oxygen atoms in total. The van der Waals surface area contributed by atoms with E-state index in [4.69, 9.17) is 4.74 Å². The number of aromatic amines is 3. The minimum Gasteiger partial charge on any atom is -0.494 e. The van der Waals surface area contributed by atoms with Crippen molar-refractivity contribution in [3.05, 3.63) is 73.3 Å². The number of hydrogen-bond acceptors (Lipinski definition) is 8. The van der Waals surface area contributed by atoms with E-state index in [9.17, 15) is 19.5 Å². The summed E-state index contributed by atoms with van der Waals surface area (Å²) in [5.74, 6) is 0.0681. The highest BCUT2D eigenvalue weighted by atomic mass is 16.5. The molecule has 37 heavy (non-hydrogen) atoms. The van der Waals surface area contributed by atoms with Gasteiger partial charge in [0.25, 0.3) is 5.56 Å². The summed E-state index contributed by atoms with van der Waals surface area (Å²) in [6.45, 7) is 5.58. The number of aromatic nitrogens is 4. The molecular formula is C25H27N7O5. The number of ether oxygens (including phenoxy) is 1. The topological polar surface area (TPSA) is 152 Å². The number of piperazine rings is 1. The zero-order valence-corrected chi connectivity index (χ0v) is 20.4. The first-order chi connectivity index (χ1) is 17.8. The number of H-pyrrole nitrogens is 3. The number of nitrogens with one attached hydrogen (secondary N) is 3. The summed E-state index contributed by atoms with van der Waals surface area (Å²) in [5.41, 5.74) is 0.764. The van der Waals surface area contributed by atoms with E-state index >= 15 is 0 Å². The number of aliphatic imine (C=N–C) groups is 1. The summed E-state index contributed by atoms with van der Waals surface area (Å²) in [6.07, 6.45) is 1.23. The third-order valence-electron chi connectivity index (χ3n) is 6.31. The first-order valence-corrected chi connectivity index (χ1v) is 11.9. The van der Waals surface area contributed by atoms with E-state index in [1.54, 1.807) is 30.3 Å². The SMILES string of the molecule is CCOc1ccc(-n2c(O)c(C=Nc3cc4[nH]c(=O)[nH]c4cc3N3CCN(C)CC3)c(=O)[nH]c2=O)cc1. The highest BCUT2D eigenvalue weighted by molar-refractivity contribution is 5.91. The Bertz CT molecular complexity index is 1640. The summed E-state index contributed by atoms with van der Waals surface area (Å²) in [4.78, 5) is 53.7. The lowest BCUT2D eigenvalue weighted by atomic mass is 10.2. The first kappa shape index (κ1) is 24.1.